The molecule has 0 spiro atoms. The lowest BCUT2D eigenvalue weighted by Gasteiger charge is -2.09. The maximum absolute atomic E-state index is 12.8. The van der Waals surface area contributed by atoms with Crippen molar-refractivity contribution in [2.45, 2.75) is 6.61 Å². The molecule has 0 heterocycles. The Morgan fingerprint density at radius 1 is 1.21 bits per heavy atom. The minimum Gasteiger partial charge on any atom is -0.488 e. The van der Waals surface area contributed by atoms with Crippen molar-refractivity contribution in [1.82, 2.24) is 0 Å². The maximum atomic E-state index is 12.8. The summed E-state index contributed by atoms with van der Waals surface area (Å²) < 4.78 is 18.4. The van der Waals surface area contributed by atoms with Crippen molar-refractivity contribution in [3.63, 3.8) is 0 Å². The van der Waals surface area contributed by atoms with Gasteiger partial charge >= 0.3 is 0 Å². The van der Waals surface area contributed by atoms with E-state index in [1.165, 1.54) is 18.3 Å². The number of ether oxygens (including phenoxy) is 1. The average Bonchev–Trinajstić information content (AvgIpc) is 2.40. The highest BCUT2D eigenvalue weighted by molar-refractivity contribution is 6.30. The first-order chi connectivity index (χ1) is 9.19. The van der Waals surface area contributed by atoms with Crippen LogP contribution in [0.4, 0.5) is 4.39 Å². The number of hydrazone groups is 1. The molecule has 98 valence electrons. The topological polar surface area (TPSA) is 47.6 Å². The fourth-order valence-corrected chi connectivity index (χ4v) is 1.75. The van der Waals surface area contributed by atoms with Crippen LogP contribution in [0.15, 0.2) is 47.6 Å². The number of benzene rings is 2. The molecule has 0 amide bonds. The molecule has 19 heavy (non-hydrogen) atoms. The molecule has 0 fully saturated rings. The quantitative estimate of drug-likeness (QED) is 0.530. The van der Waals surface area contributed by atoms with E-state index in [1.807, 2.05) is 0 Å². The largest absolute Gasteiger partial charge is 0.488 e. The molecule has 0 saturated carbocycles. The minimum absolute atomic E-state index is 0.272. The fourth-order valence-electron chi connectivity index (χ4n) is 1.57. The fraction of sp³-hybridized carbons (Fsp3) is 0.0714. The minimum atomic E-state index is -0.272. The van der Waals surface area contributed by atoms with E-state index < -0.39 is 0 Å². The van der Waals surface area contributed by atoms with Crippen LogP contribution in [0.25, 0.3) is 0 Å². The smallest absolute Gasteiger partial charge is 0.128 e. The van der Waals surface area contributed by atoms with Gasteiger partial charge in [0.05, 0.1) is 6.21 Å². The Labute approximate surface area is 115 Å². The summed E-state index contributed by atoms with van der Waals surface area (Å²) in [7, 11) is 0. The summed E-state index contributed by atoms with van der Waals surface area (Å²) in [5.74, 6) is 5.47. The highest BCUT2D eigenvalue weighted by Crippen LogP contribution is 2.22. The van der Waals surface area contributed by atoms with Gasteiger partial charge in [-0.25, -0.2) is 4.39 Å². The molecule has 0 aliphatic carbocycles. The summed E-state index contributed by atoms with van der Waals surface area (Å²) in [6, 6.07) is 11.3. The molecule has 0 radical (unpaired) electrons. The summed E-state index contributed by atoms with van der Waals surface area (Å²) in [6.45, 7) is 0.327. The molecule has 0 bridgehead atoms. The Kier molecular flexibility index (Phi) is 4.36. The SMILES string of the molecule is NN=Cc1cc(Cl)ccc1OCc1ccc(F)cc1. The van der Waals surface area contributed by atoms with Gasteiger partial charge in [0.25, 0.3) is 0 Å². The normalized spacial score (nSPS) is 10.8. The van der Waals surface area contributed by atoms with Crippen LogP contribution in [0, 0.1) is 5.82 Å². The van der Waals surface area contributed by atoms with Crippen LogP contribution >= 0.6 is 11.6 Å². The van der Waals surface area contributed by atoms with Gasteiger partial charge in [0.15, 0.2) is 0 Å². The first-order valence-corrected chi connectivity index (χ1v) is 5.97. The number of hydrogen-bond acceptors (Lipinski definition) is 3. The first kappa shape index (κ1) is 13.4. The molecule has 3 nitrogen and oxygen atoms in total. The molecular formula is C14H12ClFN2O. The highest BCUT2D eigenvalue weighted by Gasteiger charge is 2.03. The van der Waals surface area contributed by atoms with Crippen LogP contribution < -0.4 is 10.6 Å². The van der Waals surface area contributed by atoms with Crippen LogP contribution in [-0.4, -0.2) is 6.21 Å². The van der Waals surface area contributed by atoms with E-state index in [-0.39, 0.29) is 5.82 Å². The Balaban J connectivity index is 2.12. The van der Waals surface area contributed by atoms with Gasteiger partial charge < -0.3 is 10.6 Å². The lowest BCUT2D eigenvalue weighted by molar-refractivity contribution is 0.305. The third kappa shape index (κ3) is 3.69. The van der Waals surface area contributed by atoms with Crippen molar-refractivity contribution in [3.8, 4) is 5.75 Å². The molecule has 5 heteroatoms. The summed E-state index contributed by atoms with van der Waals surface area (Å²) in [4.78, 5) is 0. The predicted octanol–water partition coefficient (Wildman–Crippen LogP) is 3.35. The summed E-state index contributed by atoms with van der Waals surface area (Å²) in [5.41, 5.74) is 1.56. The highest BCUT2D eigenvalue weighted by atomic mass is 35.5. The van der Waals surface area contributed by atoms with Crippen LogP contribution in [0.1, 0.15) is 11.1 Å². The third-order valence-electron chi connectivity index (χ3n) is 2.49. The third-order valence-corrected chi connectivity index (χ3v) is 2.73. The van der Waals surface area contributed by atoms with Gasteiger partial charge in [-0.1, -0.05) is 23.7 Å². The molecule has 0 unspecified atom stereocenters. The second-order valence-corrected chi connectivity index (χ2v) is 4.31. The van der Waals surface area contributed by atoms with Gasteiger partial charge in [-0.15, -0.1) is 0 Å². The van der Waals surface area contributed by atoms with Crippen LogP contribution in [0.5, 0.6) is 5.75 Å². The maximum Gasteiger partial charge on any atom is 0.128 e. The van der Waals surface area contributed by atoms with E-state index in [1.54, 1.807) is 30.3 Å². The van der Waals surface area contributed by atoms with Crippen molar-refractivity contribution < 1.29 is 9.13 Å². The van der Waals surface area contributed by atoms with E-state index in [4.69, 9.17) is 22.2 Å². The molecule has 0 aromatic heterocycles. The predicted molar refractivity (Wildman–Crippen MR) is 74.0 cm³/mol. The van der Waals surface area contributed by atoms with Crippen molar-refractivity contribution >= 4 is 17.8 Å². The van der Waals surface area contributed by atoms with Gasteiger partial charge in [-0.05, 0) is 35.9 Å². The second kappa shape index (κ2) is 6.20. The first-order valence-electron chi connectivity index (χ1n) is 5.59. The Morgan fingerprint density at radius 2 is 1.95 bits per heavy atom. The van der Waals surface area contributed by atoms with Crippen LogP contribution in [0.2, 0.25) is 5.02 Å². The van der Waals surface area contributed by atoms with Crippen molar-refractivity contribution in [2.24, 2.45) is 10.9 Å². The molecule has 2 aromatic rings. The van der Waals surface area contributed by atoms with Crippen LogP contribution in [0.3, 0.4) is 0 Å². The van der Waals surface area contributed by atoms with Crippen molar-refractivity contribution in [1.29, 1.82) is 0 Å². The monoisotopic (exact) mass is 278 g/mol. The van der Waals surface area contributed by atoms with E-state index >= 15 is 0 Å². The zero-order valence-electron chi connectivity index (χ0n) is 10.0. The summed E-state index contributed by atoms with van der Waals surface area (Å²) in [5, 5.41) is 4.03. The zero-order chi connectivity index (χ0) is 13.7. The molecule has 0 atom stereocenters. The van der Waals surface area contributed by atoms with E-state index in [2.05, 4.69) is 5.10 Å². The van der Waals surface area contributed by atoms with Gasteiger partial charge in [-0.2, -0.15) is 5.10 Å². The van der Waals surface area contributed by atoms with Gasteiger partial charge in [0.2, 0.25) is 0 Å². The molecule has 2 aromatic carbocycles. The van der Waals surface area contributed by atoms with Gasteiger partial charge in [-0.3, -0.25) is 0 Å². The van der Waals surface area contributed by atoms with Gasteiger partial charge in [0, 0.05) is 10.6 Å². The molecule has 0 aliphatic rings. The van der Waals surface area contributed by atoms with Gasteiger partial charge in [0.1, 0.15) is 18.2 Å². The number of nitrogens with zero attached hydrogens (tertiary/aromatic N) is 1. The number of rotatable bonds is 4. The number of halogens is 2. The summed E-state index contributed by atoms with van der Waals surface area (Å²) in [6.07, 6.45) is 1.46. The van der Waals surface area contributed by atoms with Crippen molar-refractivity contribution in [3.05, 3.63) is 64.4 Å². The van der Waals surface area contributed by atoms with E-state index in [0.29, 0.717) is 22.9 Å². The summed E-state index contributed by atoms with van der Waals surface area (Å²) >= 11 is 5.89. The standard InChI is InChI=1S/C14H12ClFN2O/c15-12-3-6-14(11(7-12)8-18-17)19-9-10-1-4-13(16)5-2-10/h1-8H,9,17H2. The number of hydrogen-bond donors (Lipinski definition) is 1. The Bertz CT molecular complexity index is 584. The molecule has 0 saturated heterocycles. The lowest BCUT2D eigenvalue weighted by atomic mass is 10.2. The van der Waals surface area contributed by atoms with E-state index in [0.717, 1.165) is 5.56 Å². The molecular weight excluding hydrogens is 267 g/mol. The Morgan fingerprint density at radius 3 is 2.63 bits per heavy atom. The number of nitrogens with two attached hydrogens (primary N) is 1. The molecule has 0 aliphatic heterocycles. The van der Waals surface area contributed by atoms with Crippen molar-refractivity contribution in [2.75, 3.05) is 0 Å². The van der Waals surface area contributed by atoms with Crippen LogP contribution in [-0.2, 0) is 6.61 Å². The Hall–Kier alpha value is -2.07. The molecule has 2 rings (SSSR count). The zero-order valence-corrected chi connectivity index (χ0v) is 10.8. The average molecular weight is 279 g/mol. The van der Waals surface area contributed by atoms with E-state index in [9.17, 15) is 4.39 Å². The lowest BCUT2D eigenvalue weighted by Crippen LogP contribution is -1.99. The second-order valence-electron chi connectivity index (χ2n) is 3.88. The molecule has 2 N–H and O–H groups in total.